The van der Waals surface area contributed by atoms with Gasteiger partial charge in [0.1, 0.15) is 0 Å². The summed E-state index contributed by atoms with van der Waals surface area (Å²) < 4.78 is 38.2. The van der Waals surface area contributed by atoms with E-state index < -0.39 is 11.7 Å². The monoisotopic (exact) mass is 285 g/mol. The minimum Gasteiger partial charge on any atom is -0.317 e. The first kappa shape index (κ1) is 15.4. The first-order valence-electron chi connectivity index (χ1n) is 7.32. The van der Waals surface area contributed by atoms with Crippen LogP contribution in [0, 0.1) is 5.92 Å². The van der Waals surface area contributed by atoms with Gasteiger partial charge in [0.15, 0.2) is 0 Å². The fraction of sp³-hybridized carbons (Fsp3) is 0.625. The summed E-state index contributed by atoms with van der Waals surface area (Å²) in [5, 5.41) is 3.32. The van der Waals surface area contributed by atoms with Crippen molar-refractivity contribution in [3.63, 3.8) is 0 Å². The van der Waals surface area contributed by atoms with E-state index in [1.54, 1.807) is 0 Å². The van der Waals surface area contributed by atoms with Gasteiger partial charge in [-0.15, -0.1) is 0 Å². The van der Waals surface area contributed by atoms with E-state index in [1.165, 1.54) is 31.4 Å². The number of alkyl halides is 3. The smallest absolute Gasteiger partial charge is 0.317 e. The maximum Gasteiger partial charge on any atom is 0.416 e. The van der Waals surface area contributed by atoms with E-state index in [0.29, 0.717) is 12.0 Å². The summed E-state index contributed by atoms with van der Waals surface area (Å²) in [7, 11) is 1.97. The fourth-order valence-corrected chi connectivity index (χ4v) is 3.12. The minimum atomic E-state index is -4.24. The molecule has 20 heavy (non-hydrogen) atoms. The Labute approximate surface area is 118 Å². The van der Waals surface area contributed by atoms with Crippen LogP contribution in [0.4, 0.5) is 13.2 Å². The van der Waals surface area contributed by atoms with Crippen LogP contribution >= 0.6 is 0 Å². The van der Waals surface area contributed by atoms with Gasteiger partial charge in [0, 0.05) is 6.04 Å². The molecule has 0 aliphatic heterocycles. The number of rotatable bonds is 3. The predicted octanol–water partition coefficient (Wildman–Crippen LogP) is 4.42. The summed E-state index contributed by atoms with van der Waals surface area (Å²) in [4.78, 5) is 0. The zero-order valence-corrected chi connectivity index (χ0v) is 11.8. The van der Waals surface area contributed by atoms with Crippen molar-refractivity contribution >= 4 is 0 Å². The van der Waals surface area contributed by atoms with Crippen molar-refractivity contribution in [3.05, 3.63) is 35.4 Å². The van der Waals surface area contributed by atoms with E-state index >= 15 is 0 Å². The third-order valence-electron chi connectivity index (χ3n) is 4.22. The van der Waals surface area contributed by atoms with E-state index in [1.807, 2.05) is 13.1 Å². The first-order chi connectivity index (χ1) is 9.49. The van der Waals surface area contributed by atoms with Crippen molar-refractivity contribution in [2.75, 3.05) is 7.05 Å². The molecule has 2 atom stereocenters. The summed E-state index contributed by atoms with van der Waals surface area (Å²) in [5.41, 5.74) is 0.273. The van der Waals surface area contributed by atoms with Gasteiger partial charge < -0.3 is 5.32 Å². The van der Waals surface area contributed by atoms with Gasteiger partial charge in [-0.2, -0.15) is 13.2 Å². The number of benzene rings is 1. The van der Waals surface area contributed by atoms with Gasteiger partial charge in [0.2, 0.25) is 0 Å². The topological polar surface area (TPSA) is 12.0 Å². The molecule has 1 nitrogen and oxygen atoms in total. The molecule has 1 N–H and O–H groups in total. The molecule has 1 saturated carbocycles. The number of nitrogens with one attached hydrogen (secondary N) is 1. The lowest BCUT2D eigenvalue weighted by Crippen LogP contribution is -2.26. The largest absolute Gasteiger partial charge is 0.416 e. The van der Waals surface area contributed by atoms with Crippen molar-refractivity contribution in [2.45, 2.75) is 50.7 Å². The van der Waals surface area contributed by atoms with Gasteiger partial charge in [-0.05, 0) is 43.9 Å². The molecule has 1 fully saturated rings. The highest BCUT2D eigenvalue weighted by Gasteiger charge is 2.30. The second-order valence-electron chi connectivity index (χ2n) is 5.77. The van der Waals surface area contributed by atoms with Crippen LogP contribution in [0.2, 0.25) is 0 Å². The van der Waals surface area contributed by atoms with Gasteiger partial charge in [-0.25, -0.2) is 0 Å². The third kappa shape index (κ3) is 4.23. The quantitative estimate of drug-likeness (QED) is 0.811. The summed E-state index contributed by atoms with van der Waals surface area (Å²) >= 11 is 0. The summed E-state index contributed by atoms with van der Waals surface area (Å²) in [6.45, 7) is 0. The van der Waals surface area contributed by atoms with E-state index in [9.17, 15) is 13.2 Å². The lowest BCUT2D eigenvalue weighted by atomic mass is 9.90. The second kappa shape index (κ2) is 6.61. The van der Waals surface area contributed by atoms with Crippen LogP contribution in [0.25, 0.3) is 0 Å². The maximum atomic E-state index is 12.7. The van der Waals surface area contributed by atoms with Crippen molar-refractivity contribution < 1.29 is 13.2 Å². The van der Waals surface area contributed by atoms with Crippen LogP contribution < -0.4 is 5.32 Å². The highest BCUT2D eigenvalue weighted by molar-refractivity contribution is 5.26. The molecule has 0 saturated heterocycles. The van der Waals surface area contributed by atoms with E-state index in [4.69, 9.17) is 0 Å². The highest BCUT2D eigenvalue weighted by Crippen LogP contribution is 2.31. The van der Waals surface area contributed by atoms with Crippen molar-refractivity contribution in [2.24, 2.45) is 5.92 Å². The first-order valence-corrected chi connectivity index (χ1v) is 7.32. The van der Waals surface area contributed by atoms with Crippen LogP contribution in [-0.4, -0.2) is 13.1 Å². The molecular weight excluding hydrogens is 263 g/mol. The van der Waals surface area contributed by atoms with Crippen molar-refractivity contribution in [1.82, 2.24) is 5.32 Å². The second-order valence-corrected chi connectivity index (χ2v) is 5.77. The Morgan fingerprint density at radius 1 is 1.20 bits per heavy atom. The Morgan fingerprint density at radius 3 is 2.65 bits per heavy atom. The molecule has 112 valence electrons. The van der Waals surface area contributed by atoms with Gasteiger partial charge in [-0.3, -0.25) is 0 Å². The normalized spacial score (nSPS) is 24.4. The molecule has 1 aromatic carbocycles. The van der Waals surface area contributed by atoms with Crippen LogP contribution in [0.3, 0.4) is 0 Å². The Bertz CT molecular complexity index is 428. The molecule has 1 aliphatic rings. The minimum absolute atomic E-state index is 0.485. The molecule has 0 amide bonds. The number of hydrogen-bond donors (Lipinski definition) is 1. The molecular formula is C16H22F3N. The van der Waals surface area contributed by atoms with Crippen LogP contribution in [-0.2, 0) is 12.6 Å². The van der Waals surface area contributed by atoms with Gasteiger partial charge in [0.25, 0.3) is 0 Å². The Kier molecular flexibility index (Phi) is 5.08. The average molecular weight is 285 g/mol. The molecule has 1 aromatic rings. The fourth-order valence-electron chi connectivity index (χ4n) is 3.12. The molecule has 0 spiro atoms. The van der Waals surface area contributed by atoms with Gasteiger partial charge in [0.05, 0.1) is 5.56 Å². The van der Waals surface area contributed by atoms with E-state index in [2.05, 4.69) is 5.32 Å². The lowest BCUT2D eigenvalue weighted by molar-refractivity contribution is -0.137. The molecule has 0 bridgehead atoms. The third-order valence-corrected chi connectivity index (χ3v) is 4.22. The number of halogens is 3. The predicted molar refractivity (Wildman–Crippen MR) is 74.6 cm³/mol. The molecule has 4 heteroatoms. The average Bonchev–Trinajstić information content (AvgIpc) is 2.63. The molecule has 0 aromatic heterocycles. The summed E-state index contributed by atoms with van der Waals surface area (Å²) in [5.74, 6) is 0.485. The lowest BCUT2D eigenvalue weighted by Gasteiger charge is -2.20. The molecule has 2 unspecified atom stereocenters. The summed E-state index contributed by atoms with van der Waals surface area (Å²) in [6.07, 6.45) is 2.26. The van der Waals surface area contributed by atoms with Gasteiger partial charge >= 0.3 is 6.18 Å². The highest BCUT2D eigenvalue weighted by atomic mass is 19.4. The Hall–Kier alpha value is -1.03. The van der Waals surface area contributed by atoms with Crippen molar-refractivity contribution in [3.8, 4) is 0 Å². The molecule has 0 heterocycles. The Balaban J connectivity index is 2.05. The van der Waals surface area contributed by atoms with Gasteiger partial charge in [-0.1, -0.05) is 37.5 Å². The molecule has 0 radical (unpaired) electrons. The molecule has 1 aliphatic carbocycles. The van der Waals surface area contributed by atoms with Crippen molar-refractivity contribution in [1.29, 1.82) is 0 Å². The standard InChI is InChI=1S/C16H22F3N/c1-20-15-8-3-2-5-13(11-15)9-12-6-4-7-14(10-12)16(17,18)19/h4,6-7,10,13,15,20H,2-3,5,8-9,11H2,1H3. The van der Waals surface area contributed by atoms with Crippen LogP contribution in [0.1, 0.15) is 43.2 Å². The zero-order valence-electron chi connectivity index (χ0n) is 11.8. The zero-order chi connectivity index (χ0) is 14.6. The SMILES string of the molecule is CNC1CCCCC(Cc2cccc(C(F)(F)F)c2)C1. The summed E-state index contributed by atoms with van der Waals surface area (Å²) in [6, 6.07) is 6.29. The van der Waals surface area contributed by atoms with Crippen LogP contribution in [0.5, 0.6) is 0 Å². The maximum absolute atomic E-state index is 12.7. The van der Waals surface area contributed by atoms with E-state index in [-0.39, 0.29) is 0 Å². The van der Waals surface area contributed by atoms with Crippen LogP contribution in [0.15, 0.2) is 24.3 Å². The number of hydrogen-bond acceptors (Lipinski definition) is 1. The van der Waals surface area contributed by atoms with E-state index in [0.717, 1.165) is 30.9 Å². The Morgan fingerprint density at radius 2 is 1.95 bits per heavy atom. The molecule has 2 rings (SSSR count).